The number of hydrogen-bond donors (Lipinski definition) is 2. The summed E-state index contributed by atoms with van der Waals surface area (Å²) in [7, 11) is 1.62. The van der Waals surface area contributed by atoms with Crippen LogP contribution in [0.3, 0.4) is 0 Å². The van der Waals surface area contributed by atoms with E-state index in [0.29, 0.717) is 13.2 Å². The molecule has 78 valence electrons. The molecule has 1 aromatic carbocycles. The molecule has 4 nitrogen and oxygen atoms in total. The minimum Gasteiger partial charge on any atom is -0.493 e. The van der Waals surface area contributed by atoms with Gasteiger partial charge >= 0.3 is 0 Å². The smallest absolute Gasteiger partial charge is 0.161 e. The number of hydrogen-bond acceptors (Lipinski definition) is 4. The summed E-state index contributed by atoms with van der Waals surface area (Å²) in [6.45, 7) is 3.17. The summed E-state index contributed by atoms with van der Waals surface area (Å²) in [5, 5.41) is 0. The number of benzene rings is 1. The van der Waals surface area contributed by atoms with Gasteiger partial charge in [0.2, 0.25) is 0 Å². The highest BCUT2D eigenvalue weighted by molar-refractivity contribution is 5.42. The lowest BCUT2D eigenvalue weighted by molar-refractivity contribution is 0.310. The van der Waals surface area contributed by atoms with Gasteiger partial charge in [-0.15, -0.1) is 0 Å². The Morgan fingerprint density at radius 1 is 1.36 bits per heavy atom. The molecule has 0 bridgehead atoms. The Morgan fingerprint density at radius 3 is 2.71 bits per heavy atom. The van der Waals surface area contributed by atoms with E-state index >= 15 is 0 Å². The van der Waals surface area contributed by atoms with E-state index in [2.05, 4.69) is 5.43 Å². The predicted octanol–water partition coefficient (Wildman–Crippen LogP) is 1.06. The van der Waals surface area contributed by atoms with Crippen LogP contribution in [-0.2, 0) is 6.54 Å². The number of rotatable bonds is 5. The van der Waals surface area contributed by atoms with Gasteiger partial charge in [-0.25, -0.2) is 0 Å². The summed E-state index contributed by atoms with van der Waals surface area (Å²) < 4.78 is 10.6. The monoisotopic (exact) mass is 196 g/mol. The number of hydrazine groups is 1. The van der Waals surface area contributed by atoms with Crippen molar-refractivity contribution in [2.24, 2.45) is 5.84 Å². The lowest BCUT2D eigenvalue weighted by Crippen LogP contribution is -2.20. The molecule has 3 N–H and O–H groups in total. The molecule has 1 aromatic rings. The maximum Gasteiger partial charge on any atom is 0.161 e. The van der Waals surface area contributed by atoms with E-state index in [-0.39, 0.29) is 0 Å². The summed E-state index contributed by atoms with van der Waals surface area (Å²) in [5.41, 5.74) is 3.66. The second-order valence-corrected chi connectivity index (χ2v) is 2.80. The fourth-order valence-electron chi connectivity index (χ4n) is 1.22. The molecule has 0 aliphatic heterocycles. The first-order valence-corrected chi connectivity index (χ1v) is 4.55. The van der Waals surface area contributed by atoms with Gasteiger partial charge in [-0.2, -0.15) is 0 Å². The van der Waals surface area contributed by atoms with E-state index in [0.717, 1.165) is 17.1 Å². The lowest BCUT2D eigenvalue weighted by atomic mass is 10.2. The molecule has 0 heterocycles. The highest BCUT2D eigenvalue weighted by Crippen LogP contribution is 2.27. The Labute approximate surface area is 84.0 Å². The van der Waals surface area contributed by atoms with Gasteiger partial charge in [0.25, 0.3) is 0 Å². The summed E-state index contributed by atoms with van der Waals surface area (Å²) in [6, 6.07) is 5.74. The first-order chi connectivity index (χ1) is 6.81. The molecule has 0 unspecified atom stereocenters. The first kappa shape index (κ1) is 10.8. The van der Waals surface area contributed by atoms with Crippen molar-refractivity contribution in [2.75, 3.05) is 13.7 Å². The summed E-state index contributed by atoms with van der Waals surface area (Å²) in [4.78, 5) is 0. The SMILES string of the molecule is CCOc1cc(CNN)ccc1OC. The van der Waals surface area contributed by atoms with E-state index in [1.54, 1.807) is 7.11 Å². The molecule has 0 aliphatic carbocycles. The Balaban J connectivity index is 2.88. The summed E-state index contributed by atoms with van der Waals surface area (Å²) in [6.07, 6.45) is 0. The molecule has 0 atom stereocenters. The zero-order valence-corrected chi connectivity index (χ0v) is 8.54. The Morgan fingerprint density at radius 2 is 2.14 bits per heavy atom. The van der Waals surface area contributed by atoms with E-state index in [1.807, 2.05) is 25.1 Å². The fourth-order valence-corrected chi connectivity index (χ4v) is 1.22. The van der Waals surface area contributed by atoms with Crippen LogP contribution in [0.15, 0.2) is 18.2 Å². The van der Waals surface area contributed by atoms with E-state index in [1.165, 1.54) is 0 Å². The first-order valence-electron chi connectivity index (χ1n) is 4.55. The number of nitrogens with two attached hydrogens (primary N) is 1. The van der Waals surface area contributed by atoms with Crippen LogP contribution in [-0.4, -0.2) is 13.7 Å². The highest BCUT2D eigenvalue weighted by atomic mass is 16.5. The summed E-state index contributed by atoms with van der Waals surface area (Å²) in [5.74, 6) is 6.73. The van der Waals surface area contributed by atoms with Gasteiger partial charge in [0.15, 0.2) is 11.5 Å². The van der Waals surface area contributed by atoms with E-state index < -0.39 is 0 Å². The summed E-state index contributed by atoms with van der Waals surface area (Å²) >= 11 is 0. The largest absolute Gasteiger partial charge is 0.493 e. The third kappa shape index (κ3) is 2.61. The molecule has 1 rings (SSSR count). The van der Waals surface area contributed by atoms with Crippen molar-refractivity contribution in [1.82, 2.24) is 5.43 Å². The molecule has 0 aliphatic rings. The molecule has 14 heavy (non-hydrogen) atoms. The Hall–Kier alpha value is -1.26. The maximum atomic E-state index is 5.42. The zero-order valence-electron chi connectivity index (χ0n) is 8.54. The second-order valence-electron chi connectivity index (χ2n) is 2.80. The molecule has 0 fully saturated rings. The van der Waals surface area contributed by atoms with E-state index in [4.69, 9.17) is 15.3 Å². The normalized spacial score (nSPS) is 9.93. The van der Waals surface area contributed by atoms with Gasteiger partial charge in [-0.1, -0.05) is 6.07 Å². The highest BCUT2D eigenvalue weighted by Gasteiger charge is 2.04. The van der Waals surface area contributed by atoms with Crippen molar-refractivity contribution in [3.63, 3.8) is 0 Å². The molecule has 0 amide bonds. The van der Waals surface area contributed by atoms with Crippen molar-refractivity contribution in [3.8, 4) is 11.5 Å². The number of nitrogens with one attached hydrogen (secondary N) is 1. The molecular weight excluding hydrogens is 180 g/mol. The molecule has 0 saturated heterocycles. The van der Waals surface area contributed by atoms with Gasteiger partial charge in [0.05, 0.1) is 13.7 Å². The molecular formula is C10H16N2O2. The van der Waals surface area contributed by atoms with Crippen LogP contribution < -0.4 is 20.7 Å². The minimum absolute atomic E-state index is 0.615. The van der Waals surface area contributed by atoms with Crippen molar-refractivity contribution in [2.45, 2.75) is 13.5 Å². The van der Waals surface area contributed by atoms with Crippen LogP contribution in [0.2, 0.25) is 0 Å². The van der Waals surface area contributed by atoms with Crippen molar-refractivity contribution < 1.29 is 9.47 Å². The third-order valence-electron chi connectivity index (χ3n) is 1.83. The van der Waals surface area contributed by atoms with Crippen LogP contribution >= 0.6 is 0 Å². The maximum absolute atomic E-state index is 5.42. The topological polar surface area (TPSA) is 56.5 Å². The lowest BCUT2D eigenvalue weighted by Gasteiger charge is -2.10. The second kappa shape index (κ2) is 5.47. The molecule has 4 heteroatoms. The van der Waals surface area contributed by atoms with Gasteiger partial charge in [-0.05, 0) is 24.6 Å². The van der Waals surface area contributed by atoms with Crippen LogP contribution in [0.5, 0.6) is 11.5 Å². The van der Waals surface area contributed by atoms with Crippen LogP contribution in [0, 0.1) is 0 Å². The van der Waals surface area contributed by atoms with Crippen LogP contribution in [0.4, 0.5) is 0 Å². The Bertz CT molecular complexity index is 289. The molecule has 0 radical (unpaired) electrons. The predicted molar refractivity (Wildman–Crippen MR) is 55.2 cm³/mol. The van der Waals surface area contributed by atoms with Crippen molar-refractivity contribution >= 4 is 0 Å². The molecule has 0 aromatic heterocycles. The van der Waals surface area contributed by atoms with E-state index in [9.17, 15) is 0 Å². The minimum atomic E-state index is 0.615. The number of ether oxygens (including phenoxy) is 2. The fraction of sp³-hybridized carbons (Fsp3) is 0.400. The number of methoxy groups -OCH3 is 1. The van der Waals surface area contributed by atoms with Crippen molar-refractivity contribution in [1.29, 1.82) is 0 Å². The average Bonchev–Trinajstić information content (AvgIpc) is 2.19. The quantitative estimate of drug-likeness (QED) is 0.546. The van der Waals surface area contributed by atoms with Gasteiger partial charge in [-0.3, -0.25) is 11.3 Å². The zero-order chi connectivity index (χ0) is 10.4. The van der Waals surface area contributed by atoms with Crippen LogP contribution in [0.1, 0.15) is 12.5 Å². The van der Waals surface area contributed by atoms with Gasteiger partial charge in [0, 0.05) is 6.54 Å². The van der Waals surface area contributed by atoms with Crippen molar-refractivity contribution in [3.05, 3.63) is 23.8 Å². The average molecular weight is 196 g/mol. The van der Waals surface area contributed by atoms with Gasteiger partial charge in [0.1, 0.15) is 0 Å². The third-order valence-corrected chi connectivity index (χ3v) is 1.83. The molecule has 0 spiro atoms. The molecule has 0 saturated carbocycles. The Kier molecular flexibility index (Phi) is 4.22. The standard InChI is InChI=1S/C10H16N2O2/c1-3-14-10-6-8(7-12-11)4-5-9(10)13-2/h4-6,12H,3,7,11H2,1-2H3. The van der Waals surface area contributed by atoms with Gasteiger partial charge < -0.3 is 9.47 Å². The van der Waals surface area contributed by atoms with Crippen LogP contribution in [0.25, 0.3) is 0 Å².